The van der Waals surface area contributed by atoms with E-state index in [9.17, 15) is 4.79 Å². The van der Waals surface area contributed by atoms with Gasteiger partial charge in [-0.05, 0) is 12.1 Å². The van der Waals surface area contributed by atoms with Crippen molar-refractivity contribution < 1.29 is 4.79 Å². The van der Waals surface area contributed by atoms with Gasteiger partial charge in [0.05, 0.1) is 11.7 Å². The van der Waals surface area contributed by atoms with Gasteiger partial charge in [0.2, 0.25) is 5.91 Å². The molecule has 0 saturated carbocycles. The first-order valence-corrected chi connectivity index (χ1v) is 4.67. The van der Waals surface area contributed by atoms with Crippen LogP contribution in [-0.2, 0) is 4.79 Å². The van der Waals surface area contributed by atoms with Gasteiger partial charge in [0.15, 0.2) is 0 Å². The fraction of sp³-hybridized carbons (Fsp3) is 0.400. The smallest absolute Gasteiger partial charge is 0.219 e. The second kappa shape index (κ2) is 5.34. The van der Waals surface area contributed by atoms with E-state index in [0.717, 1.165) is 5.69 Å². The third-order valence-corrected chi connectivity index (χ3v) is 1.91. The number of nitrogens with zero attached hydrogens (tertiary/aromatic N) is 1. The van der Waals surface area contributed by atoms with Crippen molar-refractivity contribution in [3.63, 3.8) is 0 Å². The molecule has 76 valence electrons. The van der Waals surface area contributed by atoms with Gasteiger partial charge in [0.1, 0.15) is 0 Å². The van der Waals surface area contributed by atoms with Gasteiger partial charge in [-0.25, -0.2) is 0 Å². The number of hydrogen-bond acceptors (Lipinski definition) is 3. The molecule has 0 aromatic carbocycles. The number of hydrogen-bond donors (Lipinski definition) is 2. The number of aromatic nitrogens is 1. The zero-order valence-electron chi connectivity index (χ0n) is 8.23. The Labute approximate surface area is 83.5 Å². The summed E-state index contributed by atoms with van der Waals surface area (Å²) < 4.78 is 0. The first kappa shape index (κ1) is 10.7. The summed E-state index contributed by atoms with van der Waals surface area (Å²) in [5.74, 6) is 0.0105. The van der Waals surface area contributed by atoms with Crippen LogP contribution in [-0.4, -0.2) is 17.4 Å². The van der Waals surface area contributed by atoms with Gasteiger partial charge >= 0.3 is 0 Å². The summed E-state index contributed by atoms with van der Waals surface area (Å²) in [6.45, 7) is 2.24. The van der Waals surface area contributed by atoms with Crippen molar-refractivity contribution >= 4 is 5.91 Å². The molecule has 4 heteroatoms. The van der Waals surface area contributed by atoms with Crippen molar-refractivity contribution in [2.24, 2.45) is 5.73 Å². The Hall–Kier alpha value is -1.42. The minimum absolute atomic E-state index is 0.0105. The van der Waals surface area contributed by atoms with Gasteiger partial charge in [-0.1, -0.05) is 13.0 Å². The Morgan fingerprint density at radius 3 is 3.00 bits per heavy atom. The maximum Gasteiger partial charge on any atom is 0.219 e. The molecule has 0 aliphatic heterocycles. The Balaban J connectivity index is 2.43. The quantitative estimate of drug-likeness (QED) is 0.736. The van der Waals surface area contributed by atoms with Gasteiger partial charge in [-0.2, -0.15) is 0 Å². The Morgan fingerprint density at radius 2 is 2.43 bits per heavy atom. The highest BCUT2D eigenvalue weighted by molar-refractivity contribution is 5.75. The topological polar surface area (TPSA) is 68.0 Å². The first-order chi connectivity index (χ1) is 6.74. The van der Waals surface area contributed by atoms with Gasteiger partial charge in [-0.15, -0.1) is 0 Å². The lowest BCUT2D eigenvalue weighted by Crippen LogP contribution is -2.31. The van der Waals surface area contributed by atoms with Crippen LogP contribution in [0.1, 0.15) is 25.1 Å². The largest absolute Gasteiger partial charge is 0.354 e. The second-order valence-electron chi connectivity index (χ2n) is 3.02. The predicted octanol–water partition coefficient (Wildman–Crippen LogP) is 0.608. The number of nitrogens with one attached hydrogen (secondary N) is 1. The Bertz CT molecular complexity index is 287. The molecule has 0 saturated heterocycles. The number of rotatable bonds is 4. The molecule has 1 unspecified atom stereocenters. The molecule has 1 amide bonds. The van der Waals surface area contributed by atoms with Crippen LogP contribution < -0.4 is 11.1 Å². The molecule has 0 aliphatic carbocycles. The van der Waals surface area contributed by atoms with Crippen LogP contribution in [0.25, 0.3) is 0 Å². The predicted molar refractivity (Wildman–Crippen MR) is 54.5 cm³/mol. The van der Waals surface area contributed by atoms with Crippen LogP contribution in [0.5, 0.6) is 0 Å². The van der Waals surface area contributed by atoms with Crippen molar-refractivity contribution in [2.75, 3.05) is 6.54 Å². The lowest BCUT2D eigenvalue weighted by molar-refractivity contribution is -0.120. The molecule has 0 spiro atoms. The number of nitrogens with two attached hydrogens (primary N) is 1. The minimum atomic E-state index is -0.230. The number of pyridine rings is 1. The van der Waals surface area contributed by atoms with Crippen LogP contribution in [0.3, 0.4) is 0 Å². The van der Waals surface area contributed by atoms with Crippen molar-refractivity contribution in [1.29, 1.82) is 0 Å². The molecule has 0 radical (unpaired) electrons. The normalized spacial score (nSPS) is 12.1. The van der Waals surface area contributed by atoms with Gasteiger partial charge in [0, 0.05) is 19.2 Å². The first-order valence-electron chi connectivity index (χ1n) is 4.67. The SMILES string of the molecule is CCC(=O)NCC(N)c1ccccn1. The van der Waals surface area contributed by atoms with E-state index < -0.39 is 0 Å². The third kappa shape index (κ3) is 3.14. The summed E-state index contributed by atoms with van der Waals surface area (Å²) in [5, 5.41) is 2.73. The van der Waals surface area contributed by atoms with E-state index in [0.29, 0.717) is 13.0 Å². The molecule has 1 aromatic heterocycles. The van der Waals surface area contributed by atoms with Crippen LogP contribution in [0.15, 0.2) is 24.4 Å². The molecular weight excluding hydrogens is 178 g/mol. The molecular formula is C10H15N3O. The summed E-state index contributed by atoms with van der Waals surface area (Å²) in [7, 11) is 0. The van der Waals surface area contributed by atoms with Gasteiger partial charge < -0.3 is 11.1 Å². The Morgan fingerprint density at radius 1 is 1.64 bits per heavy atom. The van der Waals surface area contributed by atoms with Crippen molar-refractivity contribution in [3.05, 3.63) is 30.1 Å². The molecule has 0 aliphatic rings. The number of amides is 1. The van der Waals surface area contributed by atoms with Gasteiger partial charge in [0.25, 0.3) is 0 Å². The van der Waals surface area contributed by atoms with E-state index in [2.05, 4.69) is 10.3 Å². The molecule has 1 atom stereocenters. The van der Waals surface area contributed by atoms with E-state index in [1.165, 1.54) is 0 Å². The van der Waals surface area contributed by atoms with E-state index >= 15 is 0 Å². The summed E-state index contributed by atoms with van der Waals surface area (Å²) in [5.41, 5.74) is 6.62. The molecule has 0 fully saturated rings. The zero-order chi connectivity index (χ0) is 10.4. The van der Waals surface area contributed by atoms with Crippen LogP contribution in [0.4, 0.5) is 0 Å². The number of carbonyl (C=O) groups excluding carboxylic acids is 1. The van der Waals surface area contributed by atoms with Crippen LogP contribution in [0, 0.1) is 0 Å². The van der Waals surface area contributed by atoms with Crippen LogP contribution >= 0.6 is 0 Å². The fourth-order valence-electron chi connectivity index (χ4n) is 1.05. The molecule has 4 nitrogen and oxygen atoms in total. The average molecular weight is 193 g/mol. The zero-order valence-corrected chi connectivity index (χ0v) is 8.23. The summed E-state index contributed by atoms with van der Waals surface area (Å²) in [4.78, 5) is 15.1. The minimum Gasteiger partial charge on any atom is -0.354 e. The maximum atomic E-state index is 11.0. The molecule has 1 aromatic rings. The summed E-state index contributed by atoms with van der Waals surface area (Å²) >= 11 is 0. The van der Waals surface area contributed by atoms with E-state index in [-0.39, 0.29) is 11.9 Å². The van der Waals surface area contributed by atoms with E-state index in [4.69, 9.17) is 5.73 Å². The van der Waals surface area contributed by atoms with Crippen molar-refractivity contribution in [2.45, 2.75) is 19.4 Å². The standard InChI is InChI=1S/C10H15N3O/c1-2-10(14)13-7-8(11)9-5-3-4-6-12-9/h3-6,8H,2,7,11H2,1H3,(H,13,14). The van der Waals surface area contributed by atoms with Crippen molar-refractivity contribution in [3.8, 4) is 0 Å². The average Bonchev–Trinajstić information content (AvgIpc) is 2.26. The molecule has 1 heterocycles. The van der Waals surface area contributed by atoms with E-state index in [1.807, 2.05) is 25.1 Å². The highest BCUT2D eigenvalue weighted by Gasteiger charge is 2.07. The lowest BCUT2D eigenvalue weighted by atomic mass is 10.2. The third-order valence-electron chi connectivity index (χ3n) is 1.91. The monoisotopic (exact) mass is 193 g/mol. The maximum absolute atomic E-state index is 11.0. The van der Waals surface area contributed by atoms with Crippen LogP contribution in [0.2, 0.25) is 0 Å². The molecule has 1 rings (SSSR count). The van der Waals surface area contributed by atoms with E-state index in [1.54, 1.807) is 6.20 Å². The summed E-state index contributed by atoms with van der Waals surface area (Å²) in [6, 6.07) is 5.33. The molecule has 14 heavy (non-hydrogen) atoms. The second-order valence-corrected chi connectivity index (χ2v) is 3.02. The van der Waals surface area contributed by atoms with Crippen molar-refractivity contribution in [1.82, 2.24) is 10.3 Å². The summed E-state index contributed by atoms with van der Waals surface area (Å²) in [6.07, 6.45) is 2.17. The molecule has 0 bridgehead atoms. The highest BCUT2D eigenvalue weighted by Crippen LogP contribution is 2.03. The highest BCUT2D eigenvalue weighted by atomic mass is 16.1. The Kier molecular flexibility index (Phi) is 4.07. The molecule has 3 N–H and O–H groups in total. The number of carbonyl (C=O) groups is 1. The van der Waals surface area contributed by atoms with Gasteiger partial charge in [-0.3, -0.25) is 9.78 Å². The lowest BCUT2D eigenvalue weighted by Gasteiger charge is -2.11. The fourth-order valence-corrected chi connectivity index (χ4v) is 1.05.